The van der Waals surface area contributed by atoms with Crippen molar-refractivity contribution in [3.63, 3.8) is 0 Å². The maximum atomic E-state index is 12.7. The lowest BCUT2D eigenvalue weighted by molar-refractivity contribution is -0.144. The zero-order valence-corrected chi connectivity index (χ0v) is 19.0. The third-order valence-electron chi connectivity index (χ3n) is 4.40. The Hall–Kier alpha value is -4.01. The van der Waals surface area contributed by atoms with Crippen molar-refractivity contribution in [2.24, 2.45) is 0 Å². The Morgan fingerprint density at radius 1 is 0.909 bits per heavy atom. The first-order valence-corrected chi connectivity index (χ1v) is 10.1. The summed E-state index contributed by atoms with van der Waals surface area (Å²) in [6.45, 7) is 1.02. The molecule has 2 aromatic carbocycles. The van der Waals surface area contributed by atoms with Crippen molar-refractivity contribution in [2.45, 2.75) is 6.92 Å². The molecule has 0 heterocycles. The van der Waals surface area contributed by atoms with E-state index in [1.165, 1.54) is 38.4 Å². The third kappa shape index (κ3) is 7.27. The Kier molecular flexibility index (Phi) is 9.76. The van der Waals surface area contributed by atoms with Crippen LogP contribution in [-0.4, -0.2) is 58.9 Å². The van der Waals surface area contributed by atoms with E-state index in [1.54, 1.807) is 49.4 Å². The molecular formula is C24H27NO8. The Morgan fingerprint density at radius 2 is 1.55 bits per heavy atom. The Labute approximate surface area is 192 Å². The summed E-state index contributed by atoms with van der Waals surface area (Å²) in [4.78, 5) is 38.0. The number of rotatable bonds is 11. The van der Waals surface area contributed by atoms with Crippen LogP contribution in [0.5, 0.6) is 17.2 Å². The first kappa shape index (κ1) is 25.3. The Balaban J connectivity index is 2.06. The van der Waals surface area contributed by atoms with E-state index in [0.717, 1.165) is 0 Å². The molecule has 9 nitrogen and oxygen atoms in total. The maximum absolute atomic E-state index is 12.7. The summed E-state index contributed by atoms with van der Waals surface area (Å²) in [5.41, 5.74) is 1.08. The van der Waals surface area contributed by atoms with Crippen molar-refractivity contribution in [1.82, 2.24) is 0 Å². The molecule has 0 spiro atoms. The minimum atomic E-state index is -0.735. The Bertz CT molecular complexity index is 962. The molecule has 0 atom stereocenters. The number of ether oxygens (including phenoxy) is 5. The maximum Gasteiger partial charge on any atom is 0.331 e. The summed E-state index contributed by atoms with van der Waals surface area (Å²) >= 11 is 0. The number of amides is 1. The van der Waals surface area contributed by atoms with Gasteiger partial charge in [0.1, 0.15) is 6.54 Å². The molecule has 0 aliphatic heterocycles. The molecule has 0 aliphatic rings. The fourth-order valence-corrected chi connectivity index (χ4v) is 2.89. The van der Waals surface area contributed by atoms with Gasteiger partial charge in [-0.25, -0.2) is 4.79 Å². The molecule has 33 heavy (non-hydrogen) atoms. The lowest BCUT2D eigenvalue weighted by atomic mass is 10.1. The number of hydrogen-bond donors (Lipinski definition) is 0. The van der Waals surface area contributed by atoms with Gasteiger partial charge in [0, 0.05) is 11.8 Å². The first-order valence-electron chi connectivity index (χ1n) is 10.1. The standard InChI is InChI=1S/C24H27NO8/c1-5-32-23(28)15-25(18-9-7-6-8-10-18)21(26)16-33-22(27)12-11-17-13-19(29-2)24(31-4)20(14-17)30-3/h6-14H,5,15-16H2,1-4H3/b12-11+. The van der Waals surface area contributed by atoms with Gasteiger partial charge in [0.25, 0.3) is 5.91 Å². The monoisotopic (exact) mass is 457 g/mol. The Morgan fingerprint density at radius 3 is 2.09 bits per heavy atom. The van der Waals surface area contributed by atoms with Gasteiger partial charge in [-0.15, -0.1) is 0 Å². The molecule has 0 aromatic heterocycles. The van der Waals surface area contributed by atoms with Crippen LogP contribution >= 0.6 is 0 Å². The van der Waals surface area contributed by atoms with Gasteiger partial charge in [-0.1, -0.05) is 18.2 Å². The minimum absolute atomic E-state index is 0.191. The van der Waals surface area contributed by atoms with Gasteiger partial charge in [-0.3, -0.25) is 14.5 Å². The van der Waals surface area contributed by atoms with Crippen molar-refractivity contribution >= 4 is 29.6 Å². The summed E-state index contributed by atoms with van der Waals surface area (Å²) < 4.78 is 25.8. The lowest BCUT2D eigenvalue weighted by Crippen LogP contribution is -2.39. The van der Waals surface area contributed by atoms with Gasteiger partial charge < -0.3 is 23.7 Å². The molecule has 176 valence electrons. The molecule has 2 rings (SSSR count). The largest absolute Gasteiger partial charge is 0.493 e. The van der Waals surface area contributed by atoms with Crippen LogP contribution in [-0.2, 0) is 23.9 Å². The van der Waals surface area contributed by atoms with Gasteiger partial charge in [0.15, 0.2) is 18.1 Å². The molecule has 9 heteroatoms. The van der Waals surface area contributed by atoms with E-state index >= 15 is 0 Å². The van der Waals surface area contributed by atoms with E-state index in [4.69, 9.17) is 23.7 Å². The number of carbonyl (C=O) groups excluding carboxylic acids is 3. The molecule has 0 bridgehead atoms. The van der Waals surface area contributed by atoms with E-state index in [1.807, 2.05) is 0 Å². The van der Waals surface area contributed by atoms with Gasteiger partial charge in [0.05, 0.1) is 27.9 Å². The average molecular weight is 457 g/mol. The highest BCUT2D eigenvalue weighted by atomic mass is 16.5. The quantitative estimate of drug-likeness (QED) is 0.375. The van der Waals surface area contributed by atoms with Gasteiger partial charge in [0.2, 0.25) is 5.75 Å². The van der Waals surface area contributed by atoms with Crippen molar-refractivity contribution in [3.8, 4) is 17.2 Å². The second-order valence-electron chi connectivity index (χ2n) is 6.52. The summed E-state index contributed by atoms with van der Waals surface area (Å²) in [7, 11) is 4.46. The van der Waals surface area contributed by atoms with Crippen LogP contribution < -0.4 is 19.1 Å². The number of methoxy groups -OCH3 is 3. The van der Waals surface area contributed by atoms with Crippen LogP contribution in [0.25, 0.3) is 6.08 Å². The van der Waals surface area contributed by atoms with Crippen LogP contribution in [0.3, 0.4) is 0 Å². The molecule has 0 saturated carbocycles. The molecule has 0 radical (unpaired) electrons. The number of benzene rings is 2. The second-order valence-corrected chi connectivity index (χ2v) is 6.52. The fourth-order valence-electron chi connectivity index (χ4n) is 2.89. The molecule has 0 aliphatic carbocycles. The zero-order chi connectivity index (χ0) is 24.2. The predicted octanol–water partition coefficient (Wildman–Crippen LogP) is 2.87. The van der Waals surface area contributed by atoms with E-state index in [-0.39, 0.29) is 13.2 Å². The van der Waals surface area contributed by atoms with Crippen LogP contribution in [0.1, 0.15) is 12.5 Å². The van der Waals surface area contributed by atoms with Gasteiger partial charge >= 0.3 is 11.9 Å². The summed E-state index contributed by atoms with van der Waals surface area (Å²) in [6.07, 6.45) is 2.66. The van der Waals surface area contributed by atoms with E-state index < -0.39 is 24.5 Å². The van der Waals surface area contributed by atoms with E-state index in [2.05, 4.69) is 0 Å². The number of hydrogen-bond acceptors (Lipinski definition) is 8. The number of carbonyl (C=O) groups is 3. The molecule has 1 amide bonds. The lowest BCUT2D eigenvalue weighted by Gasteiger charge is -2.21. The number of esters is 2. The number of nitrogens with zero attached hydrogens (tertiary/aromatic N) is 1. The minimum Gasteiger partial charge on any atom is -0.493 e. The van der Waals surface area contributed by atoms with Crippen LogP contribution in [0.4, 0.5) is 5.69 Å². The highest BCUT2D eigenvalue weighted by Gasteiger charge is 2.21. The molecule has 0 N–H and O–H groups in total. The number of para-hydroxylation sites is 1. The van der Waals surface area contributed by atoms with Crippen LogP contribution in [0.2, 0.25) is 0 Å². The highest BCUT2D eigenvalue weighted by molar-refractivity contribution is 5.99. The number of anilines is 1. The summed E-state index contributed by atoms with van der Waals surface area (Å²) in [5, 5.41) is 0. The first-order chi connectivity index (χ1) is 15.9. The molecular weight excluding hydrogens is 430 g/mol. The SMILES string of the molecule is CCOC(=O)CN(C(=O)COC(=O)/C=C/c1cc(OC)c(OC)c(OC)c1)c1ccccc1. The van der Waals surface area contributed by atoms with Crippen molar-refractivity contribution < 1.29 is 38.1 Å². The predicted molar refractivity (Wildman–Crippen MR) is 122 cm³/mol. The normalized spacial score (nSPS) is 10.4. The summed E-state index contributed by atoms with van der Waals surface area (Å²) in [5.74, 6) is -0.587. The van der Waals surface area contributed by atoms with Gasteiger partial charge in [-0.2, -0.15) is 0 Å². The van der Waals surface area contributed by atoms with E-state index in [9.17, 15) is 14.4 Å². The molecule has 0 saturated heterocycles. The smallest absolute Gasteiger partial charge is 0.331 e. The summed E-state index contributed by atoms with van der Waals surface area (Å²) in [6, 6.07) is 11.9. The van der Waals surface area contributed by atoms with Crippen LogP contribution in [0.15, 0.2) is 48.5 Å². The second kappa shape index (κ2) is 12.7. The van der Waals surface area contributed by atoms with Crippen molar-refractivity contribution in [3.05, 3.63) is 54.1 Å². The van der Waals surface area contributed by atoms with Gasteiger partial charge in [-0.05, 0) is 42.8 Å². The van der Waals surface area contributed by atoms with Crippen LogP contribution in [0, 0.1) is 0 Å². The van der Waals surface area contributed by atoms with Crippen molar-refractivity contribution in [1.29, 1.82) is 0 Å². The highest BCUT2D eigenvalue weighted by Crippen LogP contribution is 2.38. The third-order valence-corrected chi connectivity index (χ3v) is 4.40. The molecule has 0 unspecified atom stereocenters. The topological polar surface area (TPSA) is 101 Å². The zero-order valence-electron chi connectivity index (χ0n) is 19.0. The van der Waals surface area contributed by atoms with Crippen molar-refractivity contribution in [2.75, 3.05) is 46.0 Å². The molecule has 2 aromatic rings. The molecule has 0 fully saturated rings. The fraction of sp³-hybridized carbons (Fsp3) is 0.292. The average Bonchev–Trinajstić information content (AvgIpc) is 2.84. The van der Waals surface area contributed by atoms with E-state index in [0.29, 0.717) is 28.5 Å².